The number of hydrogen-bond acceptors (Lipinski definition) is 2. The summed E-state index contributed by atoms with van der Waals surface area (Å²) >= 11 is 0. The fraction of sp³-hybridized carbons (Fsp3) is 1.00. The predicted molar refractivity (Wildman–Crippen MR) is 69.3 cm³/mol. The molecule has 0 saturated heterocycles. The quantitative estimate of drug-likeness (QED) is 0.416. The van der Waals surface area contributed by atoms with Crippen LogP contribution in [0.5, 0.6) is 0 Å². The normalized spacial score (nSPS) is 12.0. The number of aliphatic hydroxyl groups is 2. The molecule has 2 heteroatoms. The minimum absolute atomic E-state index is 0.542. The van der Waals surface area contributed by atoms with Gasteiger partial charge in [-0.3, -0.25) is 0 Å². The van der Waals surface area contributed by atoms with Gasteiger partial charge < -0.3 is 10.2 Å². The van der Waals surface area contributed by atoms with Gasteiger partial charge in [-0.2, -0.15) is 0 Å². The second-order valence-electron chi connectivity index (χ2n) is 4.96. The molecule has 0 spiro atoms. The molecule has 0 atom stereocenters. The van der Waals surface area contributed by atoms with Crippen LogP contribution in [-0.4, -0.2) is 16.0 Å². The van der Waals surface area contributed by atoms with Gasteiger partial charge in [-0.25, -0.2) is 0 Å². The lowest BCUT2D eigenvalue weighted by Crippen LogP contribution is -2.27. The molecule has 0 aromatic rings. The van der Waals surface area contributed by atoms with Gasteiger partial charge in [0, 0.05) is 12.8 Å². The van der Waals surface area contributed by atoms with Gasteiger partial charge in [-0.15, -0.1) is 0 Å². The van der Waals surface area contributed by atoms with Gasteiger partial charge in [0.25, 0.3) is 0 Å². The summed E-state index contributed by atoms with van der Waals surface area (Å²) in [7, 11) is 0. The summed E-state index contributed by atoms with van der Waals surface area (Å²) in [5.74, 6) is -1.40. The first-order valence-corrected chi connectivity index (χ1v) is 7.07. The average Bonchev–Trinajstić information content (AvgIpc) is 2.24. The lowest BCUT2D eigenvalue weighted by Gasteiger charge is -2.21. The second kappa shape index (κ2) is 10.1. The topological polar surface area (TPSA) is 40.5 Å². The fourth-order valence-corrected chi connectivity index (χ4v) is 1.97. The van der Waals surface area contributed by atoms with Gasteiger partial charge in [0.05, 0.1) is 0 Å². The van der Waals surface area contributed by atoms with Crippen molar-refractivity contribution in [3.05, 3.63) is 0 Å². The van der Waals surface area contributed by atoms with Gasteiger partial charge in [-0.1, -0.05) is 58.8 Å². The predicted octanol–water partition coefficient (Wildman–Crippen LogP) is 4.00. The fourth-order valence-electron chi connectivity index (χ4n) is 1.97. The van der Waals surface area contributed by atoms with E-state index in [1.807, 2.05) is 0 Å². The Labute approximate surface area is 101 Å². The van der Waals surface area contributed by atoms with Crippen LogP contribution in [0.1, 0.15) is 84.5 Å². The van der Waals surface area contributed by atoms with Gasteiger partial charge in [0.1, 0.15) is 0 Å². The number of rotatable bonds is 11. The Morgan fingerprint density at radius 3 is 1.44 bits per heavy atom. The molecule has 0 aliphatic rings. The van der Waals surface area contributed by atoms with Gasteiger partial charge in [0.2, 0.25) is 0 Å². The highest BCUT2D eigenvalue weighted by Gasteiger charge is 2.21. The first-order valence-electron chi connectivity index (χ1n) is 7.07. The summed E-state index contributed by atoms with van der Waals surface area (Å²) in [5.41, 5.74) is 0. The Hall–Kier alpha value is -0.0800. The molecule has 0 aromatic heterocycles. The van der Waals surface area contributed by atoms with E-state index in [1.54, 1.807) is 0 Å². The Morgan fingerprint density at radius 2 is 1.00 bits per heavy atom. The molecular weight excluding hydrogens is 200 g/mol. The molecule has 98 valence electrons. The number of hydrogen-bond donors (Lipinski definition) is 2. The van der Waals surface area contributed by atoms with E-state index in [-0.39, 0.29) is 0 Å². The molecule has 0 aromatic carbocycles. The van der Waals surface area contributed by atoms with Crippen molar-refractivity contribution >= 4 is 0 Å². The first-order chi connectivity index (χ1) is 7.62. The minimum atomic E-state index is -1.40. The van der Waals surface area contributed by atoms with E-state index in [0.717, 1.165) is 25.7 Å². The van der Waals surface area contributed by atoms with E-state index in [1.165, 1.54) is 32.1 Å². The second-order valence-corrected chi connectivity index (χ2v) is 4.96. The highest BCUT2D eigenvalue weighted by Crippen LogP contribution is 2.20. The molecule has 2 N–H and O–H groups in total. The molecule has 0 radical (unpaired) electrons. The maximum absolute atomic E-state index is 9.73. The van der Waals surface area contributed by atoms with Crippen molar-refractivity contribution < 1.29 is 10.2 Å². The third-order valence-electron chi connectivity index (χ3n) is 3.11. The smallest absolute Gasteiger partial charge is 0.162 e. The summed E-state index contributed by atoms with van der Waals surface area (Å²) in [6.07, 6.45) is 11.3. The molecule has 0 unspecified atom stereocenters. The van der Waals surface area contributed by atoms with Crippen LogP contribution in [-0.2, 0) is 0 Å². The highest BCUT2D eigenvalue weighted by molar-refractivity contribution is 4.64. The molecule has 0 rings (SSSR count). The standard InChI is InChI=1S/C14H30O2/c1-3-5-7-9-11-13-14(15,16)12-10-8-6-4-2/h15-16H,3-13H2,1-2H3. The van der Waals surface area contributed by atoms with Crippen molar-refractivity contribution in [2.45, 2.75) is 90.3 Å². The summed E-state index contributed by atoms with van der Waals surface area (Å²) in [6, 6.07) is 0. The van der Waals surface area contributed by atoms with E-state index in [0.29, 0.717) is 12.8 Å². The van der Waals surface area contributed by atoms with E-state index in [4.69, 9.17) is 0 Å². The molecule has 0 aliphatic heterocycles. The molecule has 16 heavy (non-hydrogen) atoms. The molecule has 0 amide bonds. The monoisotopic (exact) mass is 230 g/mol. The zero-order valence-corrected chi connectivity index (χ0v) is 11.2. The van der Waals surface area contributed by atoms with Crippen LogP contribution in [0.25, 0.3) is 0 Å². The van der Waals surface area contributed by atoms with Crippen LogP contribution >= 0.6 is 0 Å². The summed E-state index contributed by atoms with van der Waals surface area (Å²) < 4.78 is 0. The van der Waals surface area contributed by atoms with Crippen LogP contribution < -0.4 is 0 Å². The lowest BCUT2D eigenvalue weighted by molar-refractivity contribution is -0.172. The maximum atomic E-state index is 9.73. The van der Waals surface area contributed by atoms with Gasteiger partial charge in [-0.05, 0) is 12.8 Å². The van der Waals surface area contributed by atoms with Gasteiger partial charge >= 0.3 is 0 Å². The summed E-state index contributed by atoms with van der Waals surface area (Å²) in [4.78, 5) is 0. The molecule has 0 bridgehead atoms. The Balaban J connectivity index is 3.38. The number of unbranched alkanes of at least 4 members (excludes halogenated alkanes) is 7. The van der Waals surface area contributed by atoms with Crippen LogP contribution in [0.3, 0.4) is 0 Å². The third-order valence-corrected chi connectivity index (χ3v) is 3.11. The minimum Gasteiger partial charge on any atom is -0.366 e. The largest absolute Gasteiger partial charge is 0.366 e. The lowest BCUT2D eigenvalue weighted by atomic mass is 10.00. The molecule has 0 aliphatic carbocycles. The Bertz CT molecular complexity index is 144. The van der Waals surface area contributed by atoms with E-state index < -0.39 is 5.79 Å². The zero-order valence-electron chi connectivity index (χ0n) is 11.2. The average molecular weight is 230 g/mol. The summed E-state index contributed by atoms with van der Waals surface area (Å²) in [5, 5.41) is 19.5. The van der Waals surface area contributed by atoms with Crippen LogP contribution in [0.15, 0.2) is 0 Å². The molecular formula is C14H30O2. The van der Waals surface area contributed by atoms with E-state index in [9.17, 15) is 10.2 Å². The maximum Gasteiger partial charge on any atom is 0.162 e. The molecule has 0 saturated carbocycles. The van der Waals surface area contributed by atoms with Crippen molar-refractivity contribution in [3.8, 4) is 0 Å². The third kappa shape index (κ3) is 10.4. The first kappa shape index (κ1) is 15.9. The molecule has 0 fully saturated rings. The zero-order chi connectivity index (χ0) is 12.3. The van der Waals surface area contributed by atoms with Crippen molar-refractivity contribution in [1.29, 1.82) is 0 Å². The van der Waals surface area contributed by atoms with Crippen molar-refractivity contribution in [2.75, 3.05) is 0 Å². The van der Waals surface area contributed by atoms with Crippen LogP contribution in [0.4, 0.5) is 0 Å². The van der Waals surface area contributed by atoms with Crippen LogP contribution in [0.2, 0.25) is 0 Å². The van der Waals surface area contributed by atoms with E-state index >= 15 is 0 Å². The van der Waals surface area contributed by atoms with Crippen LogP contribution in [0, 0.1) is 0 Å². The van der Waals surface area contributed by atoms with E-state index in [2.05, 4.69) is 13.8 Å². The Kier molecular flexibility index (Phi) is 10.0. The van der Waals surface area contributed by atoms with Crippen molar-refractivity contribution in [2.24, 2.45) is 0 Å². The van der Waals surface area contributed by atoms with Crippen molar-refractivity contribution in [1.82, 2.24) is 0 Å². The molecule has 2 nitrogen and oxygen atoms in total. The summed E-state index contributed by atoms with van der Waals surface area (Å²) in [6.45, 7) is 4.36. The molecule has 0 heterocycles. The highest BCUT2D eigenvalue weighted by atomic mass is 16.5. The Morgan fingerprint density at radius 1 is 0.625 bits per heavy atom. The SMILES string of the molecule is CCCCCCCC(O)(O)CCCCCC. The van der Waals surface area contributed by atoms with Gasteiger partial charge in [0.15, 0.2) is 5.79 Å². The van der Waals surface area contributed by atoms with Crippen molar-refractivity contribution in [3.63, 3.8) is 0 Å².